The van der Waals surface area contributed by atoms with Gasteiger partial charge in [-0.25, -0.2) is 0 Å². The largest absolute Gasteiger partial charge is 0.496 e. The average molecular weight is 1150 g/mol. The minimum Gasteiger partial charge on any atom is -0.496 e. The van der Waals surface area contributed by atoms with Gasteiger partial charge in [-0.2, -0.15) is 0 Å². The highest BCUT2D eigenvalue weighted by Crippen LogP contribution is 2.28. The predicted octanol–water partition coefficient (Wildman–Crippen LogP) is 1.56. The van der Waals surface area contributed by atoms with Gasteiger partial charge in [-0.05, 0) is 124 Å². The maximum Gasteiger partial charge on any atom is 0.255 e. The van der Waals surface area contributed by atoms with E-state index in [2.05, 4.69) is 53.2 Å². The summed E-state index contributed by atoms with van der Waals surface area (Å²) in [4.78, 5) is 108. The molecule has 0 spiro atoms. The van der Waals surface area contributed by atoms with Crippen LogP contribution in [-0.2, 0) is 19.2 Å². The molecular formula is C54H73N17O12. The summed E-state index contributed by atoms with van der Waals surface area (Å²) in [6.45, 7) is 2.07. The Balaban J connectivity index is 1.61. The Morgan fingerprint density at radius 1 is 0.410 bits per heavy atom. The van der Waals surface area contributed by atoms with Gasteiger partial charge in [-0.15, -0.1) is 0 Å². The normalized spacial score (nSPS) is 11.6. The fraction of sp³-hybridized carbons (Fsp3) is 0.352. The molecule has 0 aliphatic rings. The number of unbranched alkanes of at least 4 members (excludes halogenated alkanes) is 2. The second-order valence-electron chi connectivity index (χ2n) is 18.4. The lowest BCUT2D eigenvalue weighted by molar-refractivity contribution is -0.118. The summed E-state index contributed by atoms with van der Waals surface area (Å²) in [6.07, 6.45) is 2.03. The van der Waals surface area contributed by atoms with Crippen molar-refractivity contribution in [3.63, 3.8) is 0 Å². The van der Waals surface area contributed by atoms with E-state index < -0.39 is 59.5 Å². The van der Waals surface area contributed by atoms with Gasteiger partial charge in [-0.3, -0.25) is 54.6 Å². The number of nitrogens with two attached hydrogens (primary N) is 4. The Morgan fingerprint density at radius 2 is 0.687 bits per heavy atom. The van der Waals surface area contributed by atoms with E-state index in [9.17, 15) is 38.4 Å². The zero-order valence-corrected chi connectivity index (χ0v) is 46.6. The Labute approximate surface area is 478 Å². The molecule has 0 heterocycles. The third-order valence-electron chi connectivity index (χ3n) is 12.2. The Kier molecular flexibility index (Phi) is 25.6. The lowest BCUT2D eigenvalue weighted by Crippen LogP contribution is -2.45. The number of methoxy groups -OCH3 is 4. The van der Waals surface area contributed by atoms with Gasteiger partial charge in [0.15, 0.2) is 17.9 Å². The fourth-order valence-electron chi connectivity index (χ4n) is 8.20. The van der Waals surface area contributed by atoms with E-state index >= 15 is 0 Å². The van der Waals surface area contributed by atoms with Crippen LogP contribution in [0.4, 0.5) is 22.7 Å². The fourth-order valence-corrected chi connectivity index (χ4v) is 8.20. The number of anilines is 4. The van der Waals surface area contributed by atoms with E-state index in [1.807, 2.05) is 0 Å². The lowest BCUT2D eigenvalue weighted by atomic mass is 10.1. The van der Waals surface area contributed by atoms with Gasteiger partial charge in [0.1, 0.15) is 41.1 Å². The molecule has 29 nitrogen and oxygen atoms in total. The summed E-state index contributed by atoms with van der Waals surface area (Å²) < 4.78 is 21.6. The Bertz CT molecular complexity index is 3030. The number of hydrogen-bond donors (Lipinski definition) is 17. The number of rotatable bonds is 32. The Hall–Kier alpha value is -10.4. The number of carbonyl (C=O) groups is 8. The highest BCUT2D eigenvalue weighted by atomic mass is 16.5. The van der Waals surface area contributed by atoms with Gasteiger partial charge in [0.2, 0.25) is 23.6 Å². The molecule has 0 saturated heterocycles. The molecule has 0 aliphatic carbocycles. The van der Waals surface area contributed by atoms with Crippen molar-refractivity contribution in [3.05, 3.63) is 95.1 Å². The summed E-state index contributed by atoms with van der Waals surface area (Å²) in [5.74, 6) is -5.90. The quantitative estimate of drug-likeness (QED) is 0.0187. The third-order valence-corrected chi connectivity index (χ3v) is 12.2. The smallest absolute Gasteiger partial charge is 0.255 e. The molecular weight excluding hydrogens is 1080 g/mol. The van der Waals surface area contributed by atoms with Gasteiger partial charge in [-0.1, -0.05) is 0 Å². The monoisotopic (exact) mass is 1150 g/mol. The van der Waals surface area contributed by atoms with Crippen molar-refractivity contribution in [1.29, 1.82) is 16.2 Å². The molecule has 83 heavy (non-hydrogen) atoms. The Morgan fingerprint density at radius 3 is 0.976 bits per heavy atom. The molecule has 0 radical (unpaired) electrons. The summed E-state index contributed by atoms with van der Waals surface area (Å²) >= 11 is 0. The molecule has 0 aliphatic heterocycles. The van der Waals surface area contributed by atoms with E-state index in [0.29, 0.717) is 37.9 Å². The van der Waals surface area contributed by atoms with E-state index in [0.717, 1.165) is 0 Å². The minimum absolute atomic E-state index is 0.00208. The van der Waals surface area contributed by atoms with Crippen molar-refractivity contribution >= 4 is 87.9 Å². The molecule has 3 atom stereocenters. The first-order chi connectivity index (χ1) is 39.6. The van der Waals surface area contributed by atoms with Crippen LogP contribution >= 0.6 is 0 Å². The molecule has 21 N–H and O–H groups in total. The van der Waals surface area contributed by atoms with Crippen LogP contribution in [0.2, 0.25) is 0 Å². The van der Waals surface area contributed by atoms with Crippen molar-refractivity contribution in [2.45, 2.75) is 76.4 Å². The van der Waals surface area contributed by atoms with E-state index in [4.69, 9.17) is 58.1 Å². The molecule has 0 fully saturated rings. The zero-order chi connectivity index (χ0) is 61.2. The summed E-state index contributed by atoms with van der Waals surface area (Å²) in [5, 5.41) is 49.5. The van der Waals surface area contributed by atoms with Crippen molar-refractivity contribution in [2.24, 2.45) is 22.9 Å². The van der Waals surface area contributed by atoms with Crippen LogP contribution < -0.4 is 95.1 Å². The SMILES string of the molecule is COc1ccc(NC(=O)[C@H](CCCCNC(=N)N)NC(=O)c2cc(NC(=O)[C@H](CCCCNC(=N)N)NC(=O)c3cc(NC(=O)[C@H](CCCNC(=N)N)NC(=O)c4cc(NC(C)=O)ccc4OC)ccc3OC)ccc2OC)cc1C(N)=O. The number of primary amides is 1. The first-order valence-electron chi connectivity index (χ1n) is 26.0. The zero-order valence-electron chi connectivity index (χ0n) is 46.6. The number of amides is 8. The molecule has 4 rings (SSSR count). The standard InChI is InChI=1S/C54H73N17O12/c1-29(72)65-30-14-19-42(81-3)35(26-30)46(74)71-40(13-10-24-64-54(60)61)51(79)68-33-17-21-44(83-5)37(28-33)48(76)70-39(12-7-9-23-63-53(58)59)50(78)67-32-16-20-43(82-4)36(27-32)47(75)69-38(11-6-8-22-62-52(56)57)49(77)66-31-15-18-41(80-2)34(25-31)45(55)73/h14-21,25-28,38-40H,6-13,22-24H2,1-5H3,(H2,55,73)(H,65,72)(H,66,77)(H,67,78)(H,68,79)(H,69,75)(H,70,76)(H,71,74)(H4,56,57,62)(H4,58,59,63)(H4,60,61,64)/t38-,39-,40-/m0/s1. The minimum atomic E-state index is -1.26. The van der Waals surface area contributed by atoms with Crippen LogP contribution in [0, 0.1) is 16.2 Å². The van der Waals surface area contributed by atoms with E-state index in [1.165, 1.54) is 108 Å². The molecule has 4 aromatic carbocycles. The number of carbonyl (C=O) groups excluding carboxylic acids is 8. The molecule has 29 heteroatoms. The van der Waals surface area contributed by atoms with Crippen molar-refractivity contribution in [3.8, 4) is 23.0 Å². The highest BCUT2D eigenvalue weighted by molar-refractivity contribution is 6.07. The number of guanidine groups is 3. The number of nitrogens with one attached hydrogen (secondary N) is 13. The number of benzene rings is 4. The van der Waals surface area contributed by atoms with Crippen molar-refractivity contribution < 1.29 is 57.3 Å². The van der Waals surface area contributed by atoms with Gasteiger partial charge in [0.05, 0.1) is 50.7 Å². The number of hydrogen-bond acceptors (Lipinski definition) is 15. The third kappa shape index (κ3) is 21.0. The molecule has 8 amide bonds. The van der Waals surface area contributed by atoms with Gasteiger partial charge < -0.3 is 95.1 Å². The molecule has 0 unspecified atom stereocenters. The first kappa shape index (κ1) is 65.2. The van der Waals surface area contributed by atoms with E-state index in [1.54, 1.807) is 0 Å². The summed E-state index contributed by atoms with van der Waals surface area (Å²) in [6, 6.07) is 13.4. The number of ether oxygens (including phenoxy) is 4. The van der Waals surface area contributed by atoms with Crippen LogP contribution in [0.15, 0.2) is 72.8 Å². The predicted molar refractivity (Wildman–Crippen MR) is 311 cm³/mol. The van der Waals surface area contributed by atoms with Gasteiger partial charge in [0.25, 0.3) is 23.6 Å². The maximum absolute atomic E-state index is 14.3. The molecule has 0 bridgehead atoms. The van der Waals surface area contributed by atoms with Crippen LogP contribution in [0.25, 0.3) is 0 Å². The van der Waals surface area contributed by atoms with Crippen LogP contribution in [-0.4, -0.2) is 131 Å². The van der Waals surface area contributed by atoms with Crippen LogP contribution in [0.1, 0.15) is 99.7 Å². The first-order valence-corrected chi connectivity index (χ1v) is 26.0. The average Bonchev–Trinajstić information content (AvgIpc) is 3.65. The topological polar surface area (TPSA) is 469 Å². The second kappa shape index (κ2) is 32.7. The molecule has 4 aromatic rings. The van der Waals surface area contributed by atoms with Crippen LogP contribution in [0.5, 0.6) is 23.0 Å². The van der Waals surface area contributed by atoms with E-state index in [-0.39, 0.29) is 125 Å². The lowest BCUT2D eigenvalue weighted by Gasteiger charge is -2.22. The van der Waals surface area contributed by atoms with Gasteiger partial charge >= 0.3 is 0 Å². The summed E-state index contributed by atoms with van der Waals surface area (Å²) in [5.41, 5.74) is 22.4. The molecule has 446 valence electrons. The summed E-state index contributed by atoms with van der Waals surface area (Å²) in [7, 11) is 5.34. The van der Waals surface area contributed by atoms with Crippen molar-refractivity contribution in [2.75, 3.05) is 69.3 Å². The maximum atomic E-state index is 14.3. The molecule has 0 saturated carbocycles. The van der Waals surface area contributed by atoms with Crippen LogP contribution in [0.3, 0.4) is 0 Å². The second-order valence-corrected chi connectivity index (χ2v) is 18.4. The highest BCUT2D eigenvalue weighted by Gasteiger charge is 2.29. The molecule has 0 aromatic heterocycles. The van der Waals surface area contributed by atoms with Gasteiger partial charge in [0, 0.05) is 49.3 Å². The van der Waals surface area contributed by atoms with Crippen molar-refractivity contribution in [1.82, 2.24) is 31.9 Å².